The van der Waals surface area contributed by atoms with Crippen LogP contribution in [0.4, 0.5) is 0 Å². The number of hydrogen-bond acceptors (Lipinski definition) is 5. The van der Waals surface area contributed by atoms with Crippen molar-refractivity contribution in [2.75, 3.05) is 6.54 Å². The highest BCUT2D eigenvalue weighted by molar-refractivity contribution is 5.73. The topological polar surface area (TPSA) is 84.1 Å². The molecule has 1 aromatic rings. The van der Waals surface area contributed by atoms with Crippen molar-refractivity contribution in [3.05, 3.63) is 5.82 Å². The summed E-state index contributed by atoms with van der Waals surface area (Å²) in [7, 11) is 0. The van der Waals surface area contributed by atoms with Gasteiger partial charge in [-0.15, -0.1) is 5.10 Å². The first-order chi connectivity index (χ1) is 9.65. The van der Waals surface area contributed by atoms with Gasteiger partial charge in [0.2, 0.25) is 0 Å². The number of tetrazole rings is 1. The van der Waals surface area contributed by atoms with Crippen molar-refractivity contribution in [1.82, 2.24) is 25.1 Å². The molecule has 0 bridgehead atoms. The number of aromatic nitrogens is 4. The first-order valence-corrected chi connectivity index (χ1v) is 7.37. The fourth-order valence-electron chi connectivity index (χ4n) is 2.81. The summed E-state index contributed by atoms with van der Waals surface area (Å²) in [6.07, 6.45) is 3.78. The molecule has 1 saturated heterocycles. The zero-order chi connectivity index (χ0) is 14.5. The van der Waals surface area contributed by atoms with E-state index >= 15 is 0 Å². The van der Waals surface area contributed by atoms with E-state index in [1.54, 1.807) is 4.68 Å². The van der Waals surface area contributed by atoms with Crippen LogP contribution in [0.5, 0.6) is 0 Å². The molecule has 7 nitrogen and oxygen atoms in total. The Hall–Kier alpha value is -1.50. The molecule has 20 heavy (non-hydrogen) atoms. The molecule has 0 aromatic carbocycles. The lowest BCUT2D eigenvalue weighted by atomic mass is 9.89. The Morgan fingerprint density at radius 1 is 1.45 bits per heavy atom. The second kappa shape index (κ2) is 6.78. The Labute approximate surface area is 119 Å². The third-order valence-corrected chi connectivity index (χ3v) is 4.07. The molecule has 1 fully saturated rings. The van der Waals surface area contributed by atoms with E-state index in [0.717, 1.165) is 44.6 Å². The van der Waals surface area contributed by atoms with Crippen molar-refractivity contribution in [2.45, 2.75) is 58.7 Å². The molecular formula is C13H23N5O2. The van der Waals surface area contributed by atoms with Crippen molar-refractivity contribution in [3.63, 3.8) is 0 Å². The summed E-state index contributed by atoms with van der Waals surface area (Å²) in [5, 5.41) is 21.1. The molecule has 0 spiro atoms. The Bertz CT molecular complexity index is 448. The van der Waals surface area contributed by atoms with Crippen LogP contribution in [0, 0.1) is 5.92 Å². The van der Waals surface area contributed by atoms with E-state index in [9.17, 15) is 9.90 Å². The maximum atomic E-state index is 11.5. The van der Waals surface area contributed by atoms with E-state index in [2.05, 4.69) is 29.4 Å². The van der Waals surface area contributed by atoms with Gasteiger partial charge in [-0.25, -0.2) is 4.68 Å². The molecule has 0 aliphatic carbocycles. The molecule has 1 aromatic heterocycles. The van der Waals surface area contributed by atoms with Gasteiger partial charge in [0, 0.05) is 6.54 Å². The lowest BCUT2D eigenvalue weighted by molar-refractivity contribution is -0.145. The van der Waals surface area contributed by atoms with E-state index in [1.807, 2.05) is 4.90 Å². The molecular weight excluding hydrogens is 258 g/mol. The van der Waals surface area contributed by atoms with Gasteiger partial charge in [0.25, 0.3) is 0 Å². The third-order valence-electron chi connectivity index (χ3n) is 4.07. The van der Waals surface area contributed by atoms with Gasteiger partial charge in [0.1, 0.15) is 6.04 Å². The van der Waals surface area contributed by atoms with Crippen LogP contribution < -0.4 is 0 Å². The average Bonchev–Trinajstić information content (AvgIpc) is 2.87. The molecule has 0 amide bonds. The molecule has 1 aliphatic rings. The van der Waals surface area contributed by atoms with E-state index < -0.39 is 12.0 Å². The summed E-state index contributed by atoms with van der Waals surface area (Å²) < 4.78 is 1.77. The van der Waals surface area contributed by atoms with Crippen molar-refractivity contribution in [1.29, 1.82) is 0 Å². The minimum absolute atomic E-state index is 0.416. The molecule has 7 heteroatoms. The van der Waals surface area contributed by atoms with Gasteiger partial charge in [-0.2, -0.15) is 0 Å². The van der Waals surface area contributed by atoms with Gasteiger partial charge >= 0.3 is 5.97 Å². The van der Waals surface area contributed by atoms with Crippen LogP contribution in [0.15, 0.2) is 0 Å². The predicted molar refractivity (Wildman–Crippen MR) is 73.0 cm³/mol. The first-order valence-electron chi connectivity index (χ1n) is 7.37. The van der Waals surface area contributed by atoms with E-state index in [1.165, 1.54) is 0 Å². The summed E-state index contributed by atoms with van der Waals surface area (Å²) in [6.45, 7) is 6.28. The largest absolute Gasteiger partial charge is 0.480 e. The number of carbonyl (C=O) groups is 1. The highest BCUT2D eigenvalue weighted by atomic mass is 16.4. The number of aryl methyl sites for hydroxylation is 1. The molecule has 2 heterocycles. The Kier molecular flexibility index (Phi) is 5.05. The lowest BCUT2D eigenvalue weighted by Crippen LogP contribution is -2.47. The number of carboxylic acids is 1. The lowest BCUT2D eigenvalue weighted by Gasteiger charge is -2.36. The number of likely N-dealkylation sites (tertiary alicyclic amines) is 1. The van der Waals surface area contributed by atoms with Crippen molar-refractivity contribution in [2.24, 2.45) is 5.92 Å². The van der Waals surface area contributed by atoms with Crippen molar-refractivity contribution < 1.29 is 9.90 Å². The fourth-order valence-corrected chi connectivity index (χ4v) is 2.81. The van der Waals surface area contributed by atoms with Crippen LogP contribution in [-0.4, -0.2) is 48.8 Å². The number of aliphatic carboxylic acids is 1. The molecule has 1 aliphatic heterocycles. The standard InChI is InChI=1S/C13H23N5O2/c1-3-6-18-12(14-15-16-18)9-17-7-5-10(4-2)8-11(17)13(19)20/h10-11H,3-9H2,1-2H3,(H,19,20). The smallest absolute Gasteiger partial charge is 0.320 e. The third kappa shape index (κ3) is 3.33. The molecule has 0 radical (unpaired) electrons. The highest BCUT2D eigenvalue weighted by Crippen LogP contribution is 2.26. The zero-order valence-corrected chi connectivity index (χ0v) is 12.2. The van der Waals surface area contributed by atoms with E-state index in [-0.39, 0.29) is 0 Å². The monoisotopic (exact) mass is 281 g/mol. The van der Waals surface area contributed by atoms with Crippen LogP contribution in [0.1, 0.15) is 45.4 Å². The van der Waals surface area contributed by atoms with Gasteiger partial charge in [-0.3, -0.25) is 9.69 Å². The molecule has 0 saturated carbocycles. The maximum Gasteiger partial charge on any atom is 0.320 e. The summed E-state index contributed by atoms with van der Waals surface area (Å²) in [5.41, 5.74) is 0. The SMILES string of the molecule is CCCn1nnnc1CN1CCC(CC)CC1C(=O)O. The molecule has 2 rings (SSSR count). The molecule has 2 unspecified atom stereocenters. The Balaban J connectivity index is 2.06. The summed E-state index contributed by atoms with van der Waals surface area (Å²) in [5.74, 6) is 0.532. The van der Waals surface area contributed by atoms with Gasteiger partial charge in [-0.05, 0) is 42.2 Å². The van der Waals surface area contributed by atoms with Gasteiger partial charge in [0.15, 0.2) is 5.82 Å². The fraction of sp³-hybridized carbons (Fsp3) is 0.846. The summed E-state index contributed by atoms with van der Waals surface area (Å²) in [6, 6.07) is -0.416. The number of nitrogens with zero attached hydrogens (tertiary/aromatic N) is 5. The molecule has 112 valence electrons. The van der Waals surface area contributed by atoms with Gasteiger partial charge < -0.3 is 5.11 Å². The van der Waals surface area contributed by atoms with Gasteiger partial charge in [-0.1, -0.05) is 20.3 Å². The minimum atomic E-state index is -0.738. The van der Waals surface area contributed by atoms with Crippen LogP contribution in [0.25, 0.3) is 0 Å². The number of hydrogen-bond donors (Lipinski definition) is 1. The average molecular weight is 281 g/mol. The highest BCUT2D eigenvalue weighted by Gasteiger charge is 2.33. The normalized spacial score (nSPS) is 23.9. The number of piperidine rings is 1. The molecule has 2 atom stereocenters. The van der Waals surface area contributed by atoms with Crippen molar-refractivity contribution in [3.8, 4) is 0 Å². The predicted octanol–water partition coefficient (Wildman–Crippen LogP) is 1.16. The second-order valence-corrected chi connectivity index (χ2v) is 5.44. The van der Waals surface area contributed by atoms with E-state index in [0.29, 0.717) is 12.5 Å². The summed E-state index contributed by atoms with van der Waals surface area (Å²) >= 11 is 0. The van der Waals surface area contributed by atoms with Crippen LogP contribution >= 0.6 is 0 Å². The van der Waals surface area contributed by atoms with E-state index in [4.69, 9.17) is 0 Å². The second-order valence-electron chi connectivity index (χ2n) is 5.44. The number of rotatable bonds is 6. The quantitative estimate of drug-likeness (QED) is 0.842. The molecule has 1 N–H and O–H groups in total. The van der Waals surface area contributed by atoms with Gasteiger partial charge in [0.05, 0.1) is 6.54 Å². The van der Waals surface area contributed by atoms with Crippen LogP contribution in [0.3, 0.4) is 0 Å². The van der Waals surface area contributed by atoms with Crippen molar-refractivity contribution >= 4 is 5.97 Å². The summed E-state index contributed by atoms with van der Waals surface area (Å²) in [4.78, 5) is 13.5. The first kappa shape index (κ1) is 14.9. The minimum Gasteiger partial charge on any atom is -0.480 e. The Morgan fingerprint density at radius 2 is 2.25 bits per heavy atom. The van der Waals surface area contributed by atoms with Crippen LogP contribution in [-0.2, 0) is 17.9 Å². The zero-order valence-electron chi connectivity index (χ0n) is 12.2. The van der Waals surface area contributed by atoms with Crippen LogP contribution in [0.2, 0.25) is 0 Å². The number of carboxylic acid groups (broad SMARTS) is 1. The maximum absolute atomic E-state index is 11.5. The Morgan fingerprint density at radius 3 is 2.90 bits per heavy atom.